The molecule has 0 aliphatic heterocycles. The van der Waals surface area contributed by atoms with Crippen molar-refractivity contribution in [1.29, 1.82) is 0 Å². The molecule has 2 aliphatic carbocycles. The van der Waals surface area contributed by atoms with Gasteiger partial charge >= 0.3 is 11.9 Å². The third-order valence-electron chi connectivity index (χ3n) is 6.72. The van der Waals surface area contributed by atoms with Gasteiger partial charge in [0.05, 0.1) is 11.0 Å². The van der Waals surface area contributed by atoms with E-state index >= 15 is 0 Å². The standard InChI is InChI=1S/2C13H12N2O2S/c2*16-12(17)13(4-1-5-13)18-11-3-7-15-10-2-6-14-8-9(10)11/h2*2-3,6-8H,1,4-5H2,(H,16,17). The van der Waals surface area contributed by atoms with Crippen molar-refractivity contribution in [2.45, 2.75) is 57.8 Å². The molecule has 4 heterocycles. The van der Waals surface area contributed by atoms with E-state index in [0.29, 0.717) is 0 Å². The van der Waals surface area contributed by atoms with Crippen LogP contribution in [0.1, 0.15) is 38.5 Å². The second kappa shape index (κ2) is 10.0. The molecular formula is C26H24N4O4S2. The van der Waals surface area contributed by atoms with Crippen LogP contribution in [0.15, 0.2) is 71.2 Å². The molecule has 0 amide bonds. The van der Waals surface area contributed by atoms with Crippen molar-refractivity contribution < 1.29 is 19.8 Å². The minimum Gasteiger partial charge on any atom is -0.480 e. The van der Waals surface area contributed by atoms with Crippen molar-refractivity contribution >= 4 is 57.3 Å². The van der Waals surface area contributed by atoms with Crippen molar-refractivity contribution in [1.82, 2.24) is 19.9 Å². The summed E-state index contributed by atoms with van der Waals surface area (Å²) in [6.07, 6.45) is 15.2. The number of rotatable bonds is 6. The van der Waals surface area contributed by atoms with Crippen molar-refractivity contribution in [2.24, 2.45) is 0 Å². The Morgan fingerprint density at radius 3 is 1.42 bits per heavy atom. The first kappa shape index (κ1) is 24.5. The molecule has 2 fully saturated rings. The molecule has 0 saturated heterocycles. The summed E-state index contributed by atoms with van der Waals surface area (Å²) in [4.78, 5) is 41.4. The highest BCUT2D eigenvalue weighted by Crippen LogP contribution is 2.50. The molecular weight excluding hydrogens is 496 g/mol. The Morgan fingerprint density at radius 1 is 0.667 bits per heavy atom. The molecule has 184 valence electrons. The maximum atomic E-state index is 11.4. The number of fused-ring (bicyclic) bond motifs is 2. The molecule has 36 heavy (non-hydrogen) atoms. The topological polar surface area (TPSA) is 126 Å². The number of carbonyl (C=O) groups is 2. The fourth-order valence-corrected chi connectivity index (χ4v) is 7.04. The van der Waals surface area contributed by atoms with Gasteiger partial charge in [-0.2, -0.15) is 0 Å². The minimum absolute atomic E-state index is 0.649. The SMILES string of the molecule is O=C(O)C1(Sc2ccnc3ccncc23)CCC1.O=C(O)C1(Sc2ccnc3ccncc23)CCC1. The quantitative estimate of drug-likeness (QED) is 0.338. The molecule has 0 atom stereocenters. The average molecular weight is 521 g/mol. The lowest BCUT2D eigenvalue weighted by molar-refractivity contribution is -0.143. The summed E-state index contributed by atoms with van der Waals surface area (Å²) in [5.74, 6) is -1.43. The van der Waals surface area contributed by atoms with E-state index in [4.69, 9.17) is 0 Å². The third kappa shape index (κ3) is 4.62. The molecule has 0 aromatic carbocycles. The van der Waals surface area contributed by atoms with Gasteiger partial charge in [-0.3, -0.25) is 29.5 Å². The average Bonchev–Trinajstić information content (AvgIpc) is 2.83. The van der Waals surface area contributed by atoms with Gasteiger partial charge < -0.3 is 10.2 Å². The number of thioether (sulfide) groups is 2. The summed E-state index contributed by atoms with van der Waals surface area (Å²) in [5.41, 5.74) is 1.71. The van der Waals surface area contributed by atoms with E-state index in [0.717, 1.165) is 70.1 Å². The lowest BCUT2D eigenvalue weighted by Crippen LogP contribution is -2.41. The van der Waals surface area contributed by atoms with Crippen LogP contribution >= 0.6 is 23.5 Å². The van der Waals surface area contributed by atoms with Crippen LogP contribution in [-0.2, 0) is 9.59 Å². The van der Waals surface area contributed by atoms with Crippen molar-refractivity contribution in [2.75, 3.05) is 0 Å². The van der Waals surface area contributed by atoms with Gasteiger partial charge in [0, 0.05) is 57.7 Å². The van der Waals surface area contributed by atoms with Gasteiger partial charge in [-0.1, -0.05) is 0 Å². The van der Waals surface area contributed by atoms with E-state index < -0.39 is 21.4 Å². The fourth-order valence-electron chi connectivity index (χ4n) is 4.24. The highest BCUT2D eigenvalue weighted by atomic mass is 32.2. The van der Waals surface area contributed by atoms with E-state index in [9.17, 15) is 19.8 Å². The maximum absolute atomic E-state index is 11.4. The van der Waals surface area contributed by atoms with E-state index in [1.54, 1.807) is 37.2 Å². The number of pyridine rings is 4. The predicted octanol–water partition coefficient (Wildman–Crippen LogP) is 5.46. The second-order valence-corrected chi connectivity index (χ2v) is 11.8. The number of aromatic nitrogens is 4. The van der Waals surface area contributed by atoms with Gasteiger partial charge in [0.2, 0.25) is 0 Å². The zero-order valence-electron chi connectivity index (χ0n) is 19.3. The van der Waals surface area contributed by atoms with Crippen LogP contribution in [0.25, 0.3) is 21.8 Å². The lowest BCUT2D eigenvalue weighted by atomic mass is 9.84. The van der Waals surface area contributed by atoms with Crippen LogP contribution in [0.4, 0.5) is 0 Å². The largest absolute Gasteiger partial charge is 0.480 e. The van der Waals surface area contributed by atoms with Crippen molar-refractivity contribution in [3.05, 3.63) is 61.4 Å². The molecule has 0 radical (unpaired) electrons. The summed E-state index contributed by atoms with van der Waals surface area (Å²) >= 11 is 2.87. The normalized spacial score (nSPS) is 17.3. The number of carboxylic acids is 2. The Bertz CT molecular complexity index is 1320. The summed E-state index contributed by atoms with van der Waals surface area (Å²) in [6, 6.07) is 7.43. The second-order valence-electron chi connectivity index (χ2n) is 8.91. The molecule has 2 N–H and O–H groups in total. The molecule has 8 nitrogen and oxygen atoms in total. The van der Waals surface area contributed by atoms with Crippen LogP contribution in [0.3, 0.4) is 0 Å². The summed E-state index contributed by atoms with van der Waals surface area (Å²) in [7, 11) is 0. The monoisotopic (exact) mass is 520 g/mol. The van der Waals surface area contributed by atoms with Crippen molar-refractivity contribution in [3.8, 4) is 0 Å². The molecule has 4 aromatic heterocycles. The highest BCUT2D eigenvalue weighted by molar-refractivity contribution is 8.02. The first-order chi connectivity index (χ1) is 17.4. The lowest BCUT2D eigenvalue weighted by Gasteiger charge is -2.36. The van der Waals surface area contributed by atoms with Crippen LogP contribution in [0.5, 0.6) is 0 Å². The van der Waals surface area contributed by atoms with Gasteiger partial charge in [0.1, 0.15) is 9.49 Å². The Kier molecular flexibility index (Phi) is 6.81. The van der Waals surface area contributed by atoms with Crippen LogP contribution in [-0.4, -0.2) is 51.6 Å². The number of hydrogen-bond acceptors (Lipinski definition) is 8. The molecule has 0 spiro atoms. The van der Waals surface area contributed by atoms with E-state index in [2.05, 4.69) is 19.9 Å². The Hall–Kier alpha value is -3.24. The van der Waals surface area contributed by atoms with E-state index in [1.807, 2.05) is 24.3 Å². The molecule has 0 unspecified atom stereocenters. The van der Waals surface area contributed by atoms with Crippen molar-refractivity contribution in [3.63, 3.8) is 0 Å². The number of aliphatic carboxylic acids is 2. The molecule has 2 aliphatic rings. The van der Waals surface area contributed by atoms with Crippen LogP contribution < -0.4 is 0 Å². The fraction of sp³-hybridized carbons (Fsp3) is 0.308. The number of hydrogen-bond donors (Lipinski definition) is 2. The third-order valence-corrected chi connectivity index (χ3v) is 9.82. The summed E-state index contributed by atoms with van der Waals surface area (Å²) in [6.45, 7) is 0. The van der Waals surface area contributed by atoms with Gasteiger partial charge in [0.25, 0.3) is 0 Å². The predicted molar refractivity (Wildman–Crippen MR) is 139 cm³/mol. The molecule has 10 heteroatoms. The minimum atomic E-state index is -0.715. The maximum Gasteiger partial charge on any atom is 0.320 e. The van der Waals surface area contributed by atoms with Crippen LogP contribution in [0.2, 0.25) is 0 Å². The summed E-state index contributed by atoms with van der Waals surface area (Å²) in [5, 5.41) is 20.6. The molecule has 4 aromatic rings. The zero-order valence-corrected chi connectivity index (χ0v) is 21.0. The molecule has 6 rings (SSSR count). The summed E-state index contributed by atoms with van der Waals surface area (Å²) < 4.78 is -1.30. The molecule has 2 saturated carbocycles. The van der Waals surface area contributed by atoms with Gasteiger partial charge in [0.15, 0.2) is 0 Å². The first-order valence-corrected chi connectivity index (χ1v) is 13.3. The number of nitrogens with zero attached hydrogens (tertiary/aromatic N) is 4. The van der Waals surface area contributed by atoms with E-state index in [1.165, 1.54) is 23.5 Å². The Labute approximate surface area is 216 Å². The van der Waals surface area contributed by atoms with Gasteiger partial charge in [-0.25, -0.2) is 0 Å². The van der Waals surface area contributed by atoms with E-state index in [-0.39, 0.29) is 0 Å². The smallest absolute Gasteiger partial charge is 0.320 e. The number of carboxylic acid groups (broad SMARTS) is 2. The molecule has 0 bridgehead atoms. The Balaban J connectivity index is 0.000000148. The Morgan fingerprint density at radius 2 is 1.08 bits per heavy atom. The van der Waals surface area contributed by atoms with Crippen LogP contribution in [0, 0.1) is 0 Å². The van der Waals surface area contributed by atoms with Gasteiger partial charge in [-0.05, 0) is 62.8 Å². The zero-order chi connectivity index (χ0) is 25.2. The highest BCUT2D eigenvalue weighted by Gasteiger charge is 2.46. The van der Waals surface area contributed by atoms with Gasteiger partial charge in [-0.15, -0.1) is 23.5 Å². The first-order valence-electron chi connectivity index (χ1n) is 11.6.